The molecule has 0 spiro atoms. The lowest BCUT2D eigenvalue weighted by Gasteiger charge is -2.09. The lowest BCUT2D eigenvalue weighted by atomic mass is 10.0. The first-order valence-corrected chi connectivity index (χ1v) is 14.3. The van der Waals surface area contributed by atoms with Gasteiger partial charge in [-0.15, -0.1) is 22.7 Å². The van der Waals surface area contributed by atoms with Gasteiger partial charge in [0.1, 0.15) is 32.5 Å². The van der Waals surface area contributed by atoms with Crippen LogP contribution in [-0.2, 0) is 9.47 Å². The Morgan fingerprint density at radius 2 is 1.00 bits per heavy atom. The van der Waals surface area contributed by atoms with E-state index >= 15 is 0 Å². The Morgan fingerprint density at radius 3 is 1.38 bits per heavy atom. The molecule has 42 heavy (non-hydrogen) atoms. The Bertz CT molecular complexity index is 1650. The van der Waals surface area contributed by atoms with Crippen molar-refractivity contribution in [3.05, 3.63) is 112 Å². The van der Waals surface area contributed by atoms with E-state index in [1.807, 2.05) is 60.7 Å². The number of amides is 2. The molecule has 0 unspecified atom stereocenters. The smallest absolute Gasteiger partial charge is 0.341 e. The number of aromatic nitrogens is 1. The van der Waals surface area contributed by atoms with Crippen LogP contribution in [0.25, 0.3) is 22.3 Å². The lowest BCUT2D eigenvalue weighted by molar-refractivity contribution is 0.0594. The lowest BCUT2D eigenvalue weighted by Crippen LogP contribution is -2.19. The number of nitrogens with zero attached hydrogens (tertiary/aromatic N) is 1. The van der Waals surface area contributed by atoms with Gasteiger partial charge in [0.2, 0.25) is 0 Å². The molecule has 2 aromatic carbocycles. The van der Waals surface area contributed by atoms with Crippen molar-refractivity contribution >= 4 is 56.4 Å². The van der Waals surface area contributed by atoms with Gasteiger partial charge < -0.3 is 20.1 Å². The van der Waals surface area contributed by atoms with E-state index in [0.717, 1.165) is 11.1 Å². The van der Waals surface area contributed by atoms with E-state index in [-0.39, 0.29) is 32.5 Å². The molecule has 5 rings (SSSR count). The van der Waals surface area contributed by atoms with Gasteiger partial charge in [-0.25, -0.2) is 14.6 Å². The molecule has 0 aliphatic heterocycles. The van der Waals surface area contributed by atoms with Gasteiger partial charge in [-0.1, -0.05) is 66.7 Å². The van der Waals surface area contributed by atoms with Crippen LogP contribution in [0.3, 0.4) is 0 Å². The summed E-state index contributed by atoms with van der Waals surface area (Å²) in [4.78, 5) is 55.9. The van der Waals surface area contributed by atoms with Crippen molar-refractivity contribution in [3.63, 3.8) is 0 Å². The van der Waals surface area contributed by atoms with Gasteiger partial charge in [0.25, 0.3) is 11.8 Å². The number of rotatable bonds is 8. The maximum absolute atomic E-state index is 13.2. The molecule has 9 nitrogen and oxygen atoms in total. The molecular formula is C31H23N3O6S2. The number of thiophene rings is 2. The van der Waals surface area contributed by atoms with Crippen LogP contribution in [0.1, 0.15) is 41.7 Å². The molecule has 3 aromatic heterocycles. The highest BCUT2D eigenvalue weighted by Gasteiger charge is 2.25. The van der Waals surface area contributed by atoms with Gasteiger partial charge in [-0.05, 0) is 23.3 Å². The molecule has 0 atom stereocenters. The van der Waals surface area contributed by atoms with Crippen molar-refractivity contribution in [2.45, 2.75) is 0 Å². The zero-order chi connectivity index (χ0) is 29.6. The molecule has 0 aliphatic carbocycles. The summed E-state index contributed by atoms with van der Waals surface area (Å²) in [5.41, 5.74) is 3.18. The van der Waals surface area contributed by atoms with Crippen LogP contribution >= 0.6 is 22.7 Å². The fourth-order valence-corrected chi connectivity index (χ4v) is 6.10. The molecule has 0 saturated heterocycles. The van der Waals surface area contributed by atoms with Crippen molar-refractivity contribution in [1.29, 1.82) is 0 Å². The van der Waals surface area contributed by atoms with E-state index in [0.29, 0.717) is 11.1 Å². The highest BCUT2D eigenvalue weighted by atomic mass is 32.1. The number of hydrogen-bond acceptors (Lipinski definition) is 9. The summed E-state index contributed by atoms with van der Waals surface area (Å²) in [6, 6.07) is 23.0. The predicted octanol–water partition coefficient (Wildman–Crippen LogP) is 6.62. The molecule has 0 saturated carbocycles. The SMILES string of the molecule is COC(=O)c1c(-c2ccccc2)csc1NC(=O)c1cccc(C(=O)Nc2scc(-c3ccccc3)c2C(=O)OC)n1. The minimum absolute atomic E-state index is 0.0440. The minimum Gasteiger partial charge on any atom is -0.465 e. The third kappa shape index (κ3) is 5.82. The minimum atomic E-state index is -0.617. The van der Waals surface area contributed by atoms with Crippen molar-refractivity contribution in [2.75, 3.05) is 24.9 Å². The van der Waals surface area contributed by atoms with E-state index < -0.39 is 23.8 Å². The maximum atomic E-state index is 13.2. The van der Waals surface area contributed by atoms with Gasteiger partial charge in [0, 0.05) is 21.9 Å². The average Bonchev–Trinajstić information content (AvgIpc) is 3.65. The second kappa shape index (κ2) is 12.6. The summed E-state index contributed by atoms with van der Waals surface area (Å²) in [6.45, 7) is 0. The standard InChI is InChI=1S/C31H23N3O6S2/c1-39-30(37)24-20(18-10-5-3-6-11-18)16-41-28(24)33-26(35)22-14-9-15-23(32-22)27(36)34-29-25(31(38)40-2)21(17-42-29)19-12-7-4-8-13-19/h3-17H,1-2H3,(H,33,35)(H,34,36). The monoisotopic (exact) mass is 597 g/mol. The molecule has 2 N–H and O–H groups in total. The number of pyridine rings is 1. The molecule has 3 heterocycles. The first-order valence-electron chi connectivity index (χ1n) is 12.5. The van der Waals surface area contributed by atoms with Gasteiger partial charge in [0.15, 0.2) is 0 Å². The highest BCUT2D eigenvalue weighted by Crippen LogP contribution is 2.37. The molecule has 0 aliphatic rings. The number of carbonyl (C=O) groups is 4. The highest BCUT2D eigenvalue weighted by molar-refractivity contribution is 7.15. The van der Waals surface area contributed by atoms with Crippen LogP contribution in [0.2, 0.25) is 0 Å². The zero-order valence-electron chi connectivity index (χ0n) is 22.4. The van der Waals surface area contributed by atoms with Crippen LogP contribution in [0.5, 0.6) is 0 Å². The maximum Gasteiger partial charge on any atom is 0.341 e. The Morgan fingerprint density at radius 1 is 0.595 bits per heavy atom. The fourth-order valence-electron chi connectivity index (χ4n) is 4.19. The number of nitrogens with one attached hydrogen (secondary N) is 2. The van der Waals surface area contributed by atoms with Gasteiger partial charge >= 0.3 is 11.9 Å². The van der Waals surface area contributed by atoms with Crippen molar-refractivity contribution in [2.24, 2.45) is 0 Å². The van der Waals surface area contributed by atoms with Gasteiger partial charge in [-0.3, -0.25) is 9.59 Å². The number of anilines is 2. The molecule has 0 radical (unpaired) electrons. The largest absolute Gasteiger partial charge is 0.465 e. The molecular weight excluding hydrogens is 574 g/mol. The van der Waals surface area contributed by atoms with Crippen LogP contribution in [0.4, 0.5) is 10.0 Å². The van der Waals surface area contributed by atoms with Gasteiger partial charge in [-0.2, -0.15) is 0 Å². The second-order valence-corrected chi connectivity index (χ2v) is 10.5. The van der Waals surface area contributed by atoms with Crippen LogP contribution in [-0.4, -0.2) is 43.0 Å². The van der Waals surface area contributed by atoms with Crippen molar-refractivity contribution in [3.8, 4) is 22.3 Å². The average molecular weight is 598 g/mol. The summed E-state index contributed by atoms with van der Waals surface area (Å²) in [5, 5.41) is 9.56. The van der Waals surface area contributed by atoms with Crippen LogP contribution in [0, 0.1) is 0 Å². The van der Waals surface area contributed by atoms with Crippen molar-refractivity contribution < 1.29 is 28.7 Å². The van der Waals surface area contributed by atoms with E-state index in [1.54, 1.807) is 10.8 Å². The van der Waals surface area contributed by atoms with E-state index in [9.17, 15) is 19.2 Å². The first kappa shape index (κ1) is 28.4. The number of hydrogen-bond donors (Lipinski definition) is 2. The Hall–Kier alpha value is -5.13. The van der Waals surface area contributed by atoms with Gasteiger partial charge in [0.05, 0.1) is 14.2 Å². The van der Waals surface area contributed by atoms with Crippen molar-refractivity contribution in [1.82, 2.24) is 4.98 Å². The summed E-state index contributed by atoms with van der Waals surface area (Å²) >= 11 is 2.35. The molecule has 5 aromatic rings. The van der Waals surface area contributed by atoms with E-state index in [4.69, 9.17) is 9.47 Å². The predicted molar refractivity (Wildman–Crippen MR) is 162 cm³/mol. The summed E-state index contributed by atoms with van der Waals surface area (Å²) in [7, 11) is 2.54. The van der Waals surface area contributed by atoms with Crippen LogP contribution < -0.4 is 10.6 Å². The summed E-state index contributed by atoms with van der Waals surface area (Å²) < 4.78 is 9.94. The number of methoxy groups -OCH3 is 2. The fraction of sp³-hybridized carbons (Fsp3) is 0.0645. The molecule has 2 amide bonds. The number of ether oxygens (including phenoxy) is 2. The molecule has 0 fully saturated rings. The third-order valence-electron chi connectivity index (χ3n) is 6.20. The molecule has 0 bridgehead atoms. The third-order valence-corrected chi connectivity index (χ3v) is 7.99. The number of benzene rings is 2. The first-order chi connectivity index (χ1) is 20.4. The zero-order valence-corrected chi connectivity index (χ0v) is 24.0. The number of carbonyl (C=O) groups excluding carboxylic acids is 4. The number of esters is 2. The Kier molecular flexibility index (Phi) is 8.51. The van der Waals surface area contributed by atoms with E-state index in [1.165, 1.54) is 55.1 Å². The molecule has 210 valence electrons. The Balaban J connectivity index is 1.39. The quantitative estimate of drug-likeness (QED) is 0.193. The topological polar surface area (TPSA) is 124 Å². The summed E-state index contributed by atoms with van der Waals surface area (Å²) in [6.07, 6.45) is 0. The normalized spacial score (nSPS) is 10.5. The Labute approximate surface area is 248 Å². The molecule has 11 heteroatoms. The van der Waals surface area contributed by atoms with E-state index in [2.05, 4.69) is 15.6 Å². The van der Waals surface area contributed by atoms with Crippen LogP contribution in [0.15, 0.2) is 89.6 Å². The summed E-state index contributed by atoms with van der Waals surface area (Å²) in [5.74, 6) is -2.43. The second-order valence-electron chi connectivity index (χ2n) is 8.74.